The second-order valence-corrected chi connectivity index (χ2v) is 5.99. The molecule has 0 aliphatic rings. The van der Waals surface area contributed by atoms with Gasteiger partial charge in [-0.1, -0.05) is 68.1 Å². The summed E-state index contributed by atoms with van der Waals surface area (Å²) in [5, 5.41) is 7.60. The van der Waals surface area contributed by atoms with Crippen LogP contribution in [0.3, 0.4) is 0 Å². The quantitative estimate of drug-likeness (QED) is 0.586. The topological polar surface area (TPSA) is 0 Å². The first-order valence-corrected chi connectivity index (χ1v) is 7.85. The Morgan fingerprint density at radius 2 is 1.68 bits per heavy atom. The van der Waals surface area contributed by atoms with Crippen LogP contribution in [0.1, 0.15) is 31.4 Å². The minimum atomic E-state index is 1.04. The summed E-state index contributed by atoms with van der Waals surface area (Å²) >= 11 is 0. The van der Waals surface area contributed by atoms with Crippen LogP contribution in [0.5, 0.6) is 0 Å². The Balaban J connectivity index is 2.69. The van der Waals surface area contributed by atoms with Crippen molar-refractivity contribution in [3.05, 3.63) is 64.5 Å². The van der Waals surface area contributed by atoms with Crippen molar-refractivity contribution in [2.75, 3.05) is 0 Å². The highest BCUT2D eigenvalue weighted by Crippen LogP contribution is 2.28. The highest BCUT2D eigenvalue weighted by Gasteiger charge is 2.10. The Bertz CT molecular complexity index is 1000. The van der Waals surface area contributed by atoms with Crippen molar-refractivity contribution < 1.29 is 0 Å². The number of allylic oxidation sites excluding steroid dienone is 1. The first-order chi connectivity index (χ1) is 10.6. The zero-order chi connectivity index (χ0) is 15.9. The van der Waals surface area contributed by atoms with Gasteiger partial charge >= 0.3 is 0 Å². The maximum Gasteiger partial charge on any atom is -0.00332 e. The Morgan fingerprint density at radius 3 is 2.32 bits per heavy atom. The number of aryl methyl sites for hydroxylation is 1. The highest BCUT2D eigenvalue weighted by atomic mass is 14.1. The number of rotatable bonds is 2. The summed E-state index contributed by atoms with van der Waals surface area (Å²) < 4.78 is 0. The average Bonchev–Trinajstić information content (AvgIpc) is 2.52. The summed E-state index contributed by atoms with van der Waals surface area (Å²) in [6.45, 7) is 15.0. The van der Waals surface area contributed by atoms with Gasteiger partial charge in [0.25, 0.3) is 0 Å². The van der Waals surface area contributed by atoms with E-state index >= 15 is 0 Å². The number of benzene rings is 3. The Kier molecular flexibility index (Phi) is 3.62. The van der Waals surface area contributed by atoms with Crippen molar-refractivity contribution >= 4 is 39.8 Å². The van der Waals surface area contributed by atoms with Crippen LogP contribution >= 0.6 is 0 Å². The molecule has 0 heterocycles. The van der Waals surface area contributed by atoms with Gasteiger partial charge < -0.3 is 0 Å². The molecular formula is C22H22. The molecule has 3 aromatic rings. The first-order valence-electron chi connectivity index (χ1n) is 7.85. The third-order valence-electron chi connectivity index (χ3n) is 4.46. The van der Waals surface area contributed by atoms with Crippen LogP contribution in [0.25, 0.3) is 39.8 Å². The van der Waals surface area contributed by atoms with Gasteiger partial charge in [0, 0.05) is 0 Å². The maximum absolute atomic E-state index is 4.39. The molecule has 0 amide bonds. The maximum atomic E-state index is 4.39. The van der Waals surface area contributed by atoms with Crippen molar-refractivity contribution in [1.82, 2.24) is 0 Å². The van der Waals surface area contributed by atoms with Crippen LogP contribution in [-0.2, 0) is 0 Å². The van der Waals surface area contributed by atoms with Gasteiger partial charge in [0.2, 0.25) is 0 Å². The molecule has 110 valence electrons. The summed E-state index contributed by atoms with van der Waals surface area (Å²) in [6.07, 6.45) is 3.33. The lowest BCUT2D eigenvalue weighted by Crippen LogP contribution is -2.13. The molecule has 0 aliphatic heterocycles. The lowest BCUT2D eigenvalue weighted by molar-refractivity contribution is 1.29. The van der Waals surface area contributed by atoms with Gasteiger partial charge in [-0.15, -0.1) is 0 Å². The van der Waals surface area contributed by atoms with Crippen LogP contribution in [0.15, 0.2) is 43.0 Å². The second kappa shape index (κ2) is 5.46. The van der Waals surface area contributed by atoms with Gasteiger partial charge in [0.05, 0.1) is 0 Å². The fraction of sp³-hybridized carbons (Fsp3) is 0.182. The van der Waals surface area contributed by atoms with Crippen molar-refractivity contribution in [2.45, 2.75) is 27.2 Å². The average molecular weight is 286 g/mol. The monoisotopic (exact) mass is 286 g/mol. The third kappa shape index (κ3) is 2.07. The first kappa shape index (κ1) is 14.6. The smallest absolute Gasteiger partial charge is 0.00332 e. The minimum absolute atomic E-state index is 1.04. The number of hydrogen-bond acceptors (Lipinski definition) is 0. The summed E-state index contributed by atoms with van der Waals surface area (Å²) in [5.41, 5.74) is 3.57. The molecule has 0 bridgehead atoms. The lowest BCUT2D eigenvalue weighted by atomic mass is 9.90. The van der Waals surface area contributed by atoms with Gasteiger partial charge in [-0.05, 0) is 63.4 Å². The van der Waals surface area contributed by atoms with E-state index in [0.29, 0.717) is 0 Å². The summed E-state index contributed by atoms with van der Waals surface area (Å²) in [6, 6.07) is 13.0. The summed E-state index contributed by atoms with van der Waals surface area (Å²) in [5.74, 6) is 0. The molecule has 3 aromatic carbocycles. The van der Waals surface area contributed by atoms with Crippen LogP contribution < -0.4 is 10.4 Å². The van der Waals surface area contributed by atoms with Gasteiger partial charge in [-0.3, -0.25) is 0 Å². The fourth-order valence-electron chi connectivity index (χ4n) is 3.40. The predicted octanol–water partition coefficient (Wildman–Crippen LogP) is 4.94. The van der Waals surface area contributed by atoms with Crippen molar-refractivity contribution in [1.29, 1.82) is 0 Å². The lowest BCUT2D eigenvalue weighted by Gasteiger charge is -2.13. The van der Waals surface area contributed by atoms with E-state index in [4.69, 9.17) is 0 Å². The molecule has 3 rings (SSSR count). The van der Waals surface area contributed by atoms with Gasteiger partial charge in [-0.25, -0.2) is 0 Å². The molecule has 0 fully saturated rings. The SMILES string of the molecule is C=C(C)c1cccc2c1c(=C)c(C)c1/c(=C\CC)cccc12. The van der Waals surface area contributed by atoms with Crippen molar-refractivity contribution in [3.8, 4) is 0 Å². The molecule has 0 spiro atoms. The van der Waals surface area contributed by atoms with Crippen molar-refractivity contribution in [3.63, 3.8) is 0 Å². The van der Waals surface area contributed by atoms with E-state index in [2.05, 4.69) is 76.4 Å². The fourth-order valence-corrected chi connectivity index (χ4v) is 3.40. The van der Waals surface area contributed by atoms with E-state index in [1.165, 1.54) is 37.9 Å². The molecule has 0 heteroatoms. The Hall–Kier alpha value is -2.34. The zero-order valence-electron chi connectivity index (χ0n) is 13.7. The predicted molar refractivity (Wildman–Crippen MR) is 100 cm³/mol. The Labute approximate surface area is 132 Å². The normalized spacial score (nSPS) is 12.2. The molecule has 0 aliphatic carbocycles. The van der Waals surface area contributed by atoms with E-state index in [-0.39, 0.29) is 0 Å². The van der Waals surface area contributed by atoms with E-state index in [1.807, 2.05) is 0 Å². The molecule has 0 unspecified atom stereocenters. The summed E-state index contributed by atoms with van der Waals surface area (Å²) in [7, 11) is 0. The third-order valence-corrected chi connectivity index (χ3v) is 4.46. The van der Waals surface area contributed by atoms with Crippen molar-refractivity contribution in [2.24, 2.45) is 0 Å². The molecule has 22 heavy (non-hydrogen) atoms. The minimum Gasteiger partial charge on any atom is -0.0955 e. The molecule has 0 radical (unpaired) electrons. The molecule has 0 saturated heterocycles. The number of fused-ring (bicyclic) bond motifs is 3. The molecule has 0 aromatic heterocycles. The molecule has 0 nitrogen and oxygen atoms in total. The molecule has 0 saturated carbocycles. The molecule has 0 N–H and O–H groups in total. The van der Waals surface area contributed by atoms with Crippen LogP contribution in [-0.4, -0.2) is 0 Å². The summed E-state index contributed by atoms with van der Waals surface area (Å²) in [4.78, 5) is 0. The molecular weight excluding hydrogens is 264 g/mol. The van der Waals surface area contributed by atoms with Crippen LogP contribution in [0, 0.1) is 6.92 Å². The highest BCUT2D eigenvalue weighted by molar-refractivity contribution is 6.12. The second-order valence-electron chi connectivity index (χ2n) is 5.99. The van der Waals surface area contributed by atoms with Gasteiger partial charge in [0.1, 0.15) is 0 Å². The van der Waals surface area contributed by atoms with Gasteiger partial charge in [0.15, 0.2) is 0 Å². The van der Waals surface area contributed by atoms with Crippen LogP contribution in [0.2, 0.25) is 0 Å². The zero-order valence-corrected chi connectivity index (χ0v) is 13.7. The van der Waals surface area contributed by atoms with Gasteiger partial charge in [-0.2, -0.15) is 0 Å². The number of hydrogen-bond donors (Lipinski definition) is 0. The van der Waals surface area contributed by atoms with E-state index in [9.17, 15) is 0 Å². The van der Waals surface area contributed by atoms with E-state index in [1.54, 1.807) is 0 Å². The van der Waals surface area contributed by atoms with E-state index in [0.717, 1.165) is 17.2 Å². The Morgan fingerprint density at radius 1 is 1.05 bits per heavy atom. The largest absolute Gasteiger partial charge is 0.0955 e. The standard InChI is InChI=1S/C22H22/c1-6-9-17-10-7-12-19-20-13-8-11-18(14(2)3)22(20)16(5)15(4)21(17)19/h7-13H,2,5-6H2,1,3-4H3/b17-9-. The van der Waals surface area contributed by atoms with Crippen LogP contribution in [0.4, 0.5) is 0 Å². The molecule has 0 atom stereocenters. The van der Waals surface area contributed by atoms with E-state index < -0.39 is 0 Å².